The van der Waals surface area contributed by atoms with Crippen LogP contribution >= 0.6 is 11.8 Å². The van der Waals surface area contributed by atoms with Gasteiger partial charge < -0.3 is 4.57 Å². The Morgan fingerprint density at radius 2 is 2.53 bits per heavy atom. The van der Waals surface area contributed by atoms with Gasteiger partial charge >= 0.3 is 0 Å². The fourth-order valence-corrected chi connectivity index (χ4v) is 3.32. The first-order valence-corrected chi connectivity index (χ1v) is 6.73. The van der Waals surface area contributed by atoms with Crippen LogP contribution in [0.4, 0.5) is 0 Å². The van der Waals surface area contributed by atoms with Gasteiger partial charge in [-0.25, -0.2) is 4.98 Å². The molecule has 0 radical (unpaired) electrons. The van der Waals surface area contributed by atoms with E-state index in [-0.39, 0.29) is 0 Å². The minimum absolute atomic E-state index is 0.433. The molecule has 0 spiro atoms. The predicted octanol–water partition coefficient (Wildman–Crippen LogP) is 2.41. The van der Waals surface area contributed by atoms with Crippen LogP contribution in [0.2, 0.25) is 0 Å². The number of imidazole rings is 1. The molecular weight excluding hydrogens is 206 g/mol. The maximum Gasteiger partial charge on any atom is 0.0960 e. The van der Waals surface area contributed by atoms with Crippen molar-refractivity contribution >= 4 is 11.8 Å². The third kappa shape index (κ3) is 2.55. The number of nitrogens with one attached hydrogen (secondary N) is 1. The van der Waals surface area contributed by atoms with Crippen LogP contribution in [0, 0.1) is 0 Å². The Bertz CT molecular complexity index is 311. The molecule has 1 aliphatic heterocycles. The maximum absolute atomic E-state index is 4.25. The summed E-state index contributed by atoms with van der Waals surface area (Å²) in [6.07, 6.45) is 6.37. The molecule has 1 saturated heterocycles. The van der Waals surface area contributed by atoms with E-state index < -0.39 is 0 Å². The number of aryl methyl sites for hydroxylation is 1. The maximum atomic E-state index is 4.25. The van der Waals surface area contributed by atoms with Gasteiger partial charge in [0.05, 0.1) is 23.6 Å². The van der Waals surface area contributed by atoms with Crippen LogP contribution < -0.4 is 5.32 Å². The molecule has 1 aliphatic rings. The van der Waals surface area contributed by atoms with Gasteiger partial charge in [0.25, 0.3) is 0 Å². The summed E-state index contributed by atoms with van der Waals surface area (Å²) in [5, 5.41) is 4.05. The van der Waals surface area contributed by atoms with E-state index in [1.807, 2.05) is 24.3 Å². The molecule has 1 aromatic heterocycles. The van der Waals surface area contributed by atoms with Crippen molar-refractivity contribution in [1.29, 1.82) is 0 Å². The lowest BCUT2D eigenvalue weighted by atomic mass is 10.2. The molecule has 0 amide bonds. The van der Waals surface area contributed by atoms with E-state index >= 15 is 0 Å². The van der Waals surface area contributed by atoms with Crippen LogP contribution in [-0.2, 0) is 6.54 Å². The first-order chi connectivity index (χ1) is 7.31. The Morgan fingerprint density at radius 3 is 3.27 bits per heavy atom. The Morgan fingerprint density at radius 1 is 1.67 bits per heavy atom. The third-order valence-corrected chi connectivity index (χ3v) is 3.93. The van der Waals surface area contributed by atoms with E-state index in [1.165, 1.54) is 17.9 Å². The van der Waals surface area contributed by atoms with Crippen molar-refractivity contribution < 1.29 is 0 Å². The quantitative estimate of drug-likeness (QED) is 0.856. The zero-order valence-corrected chi connectivity index (χ0v) is 10.3. The van der Waals surface area contributed by atoms with Gasteiger partial charge in [-0.3, -0.25) is 5.32 Å². The van der Waals surface area contributed by atoms with Crippen molar-refractivity contribution in [2.45, 2.75) is 44.6 Å². The molecule has 2 atom stereocenters. The molecule has 3 nitrogen and oxygen atoms in total. The Balaban J connectivity index is 2.10. The van der Waals surface area contributed by atoms with Crippen LogP contribution in [-0.4, -0.2) is 21.3 Å². The highest BCUT2D eigenvalue weighted by atomic mass is 32.2. The monoisotopic (exact) mass is 225 g/mol. The number of hydrogen-bond acceptors (Lipinski definition) is 3. The van der Waals surface area contributed by atoms with Crippen molar-refractivity contribution in [2.75, 3.05) is 5.75 Å². The van der Waals surface area contributed by atoms with Gasteiger partial charge in [-0.2, -0.15) is 0 Å². The molecular formula is C11H19N3S. The Labute approximate surface area is 95.7 Å². The smallest absolute Gasteiger partial charge is 0.0960 e. The normalized spacial score (nSPS) is 26.8. The lowest BCUT2D eigenvalue weighted by molar-refractivity contribution is 0.491. The number of thioether (sulfide) groups is 1. The molecule has 1 aromatic rings. The van der Waals surface area contributed by atoms with E-state index in [0.29, 0.717) is 11.4 Å². The van der Waals surface area contributed by atoms with Crippen LogP contribution in [0.25, 0.3) is 0 Å². The molecule has 1 fully saturated rings. The topological polar surface area (TPSA) is 29.9 Å². The minimum Gasteiger partial charge on any atom is -0.332 e. The highest BCUT2D eigenvalue weighted by Crippen LogP contribution is 2.31. The second-order valence-corrected chi connectivity index (χ2v) is 5.33. The van der Waals surface area contributed by atoms with Gasteiger partial charge in [0.2, 0.25) is 0 Å². The van der Waals surface area contributed by atoms with E-state index in [9.17, 15) is 0 Å². The van der Waals surface area contributed by atoms with E-state index in [4.69, 9.17) is 0 Å². The van der Waals surface area contributed by atoms with Crippen molar-refractivity contribution in [1.82, 2.24) is 14.9 Å². The highest BCUT2D eigenvalue weighted by molar-refractivity contribution is 7.99. The van der Waals surface area contributed by atoms with E-state index in [0.717, 1.165) is 13.0 Å². The first kappa shape index (κ1) is 11.0. The summed E-state index contributed by atoms with van der Waals surface area (Å²) in [4.78, 5) is 4.25. The van der Waals surface area contributed by atoms with Crippen LogP contribution in [0.1, 0.15) is 37.8 Å². The summed E-state index contributed by atoms with van der Waals surface area (Å²) in [5.41, 5.74) is 1.33. The zero-order valence-electron chi connectivity index (χ0n) is 9.44. The Hall–Kier alpha value is -0.480. The van der Waals surface area contributed by atoms with Crippen molar-refractivity contribution in [3.8, 4) is 0 Å². The minimum atomic E-state index is 0.433. The fraction of sp³-hybridized carbons (Fsp3) is 0.727. The first-order valence-electron chi connectivity index (χ1n) is 5.69. The third-order valence-electron chi connectivity index (χ3n) is 2.75. The van der Waals surface area contributed by atoms with Gasteiger partial charge in [-0.05, 0) is 25.5 Å². The second kappa shape index (κ2) is 5.03. The summed E-state index contributed by atoms with van der Waals surface area (Å²) in [6, 6.07) is 0.626. The van der Waals surface area contributed by atoms with Gasteiger partial charge in [0.1, 0.15) is 0 Å². The molecule has 84 valence electrons. The number of aromatic nitrogens is 2. The lowest BCUT2D eigenvalue weighted by Gasteiger charge is -2.28. The Kier molecular flexibility index (Phi) is 3.70. The average molecular weight is 225 g/mol. The van der Waals surface area contributed by atoms with Crippen LogP contribution in [0.3, 0.4) is 0 Å². The van der Waals surface area contributed by atoms with Crippen LogP contribution in [0.5, 0.6) is 0 Å². The summed E-state index contributed by atoms with van der Waals surface area (Å²) in [7, 11) is 0. The van der Waals surface area contributed by atoms with Gasteiger partial charge in [-0.15, -0.1) is 11.8 Å². The van der Waals surface area contributed by atoms with Crippen molar-refractivity contribution in [2.24, 2.45) is 0 Å². The van der Waals surface area contributed by atoms with E-state index in [1.54, 1.807) is 0 Å². The standard InChI is InChI=1S/C11H19N3S/c1-3-5-14-8-12-7-10(14)11-13-9(2)4-6-15-11/h7-9,11,13H,3-6H2,1-2H3. The molecule has 2 rings (SSSR count). The number of rotatable bonds is 3. The highest BCUT2D eigenvalue weighted by Gasteiger charge is 2.22. The molecule has 1 N–H and O–H groups in total. The molecule has 4 heteroatoms. The van der Waals surface area contributed by atoms with Crippen molar-refractivity contribution in [3.05, 3.63) is 18.2 Å². The molecule has 2 unspecified atom stereocenters. The molecule has 2 heterocycles. The van der Waals surface area contributed by atoms with Crippen molar-refractivity contribution in [3.63, 3.8) is 0 Å². The summed E-state index contributed by atoms with van der Waals surface area (Å²) >= 11 is 1.99. The second-order valence-electron chi connectivity index (χ2n) is 4.12. The molecule has 0 aliphatic carbocycles. The molecule has 0 bridgehead atoms. The van der Waals surface area contributed by atoms with Gasteiger partial charge in [0, 0.05) is 12.6 Å². The SMILES string of the molecule is CCCn1cncc1C1NC(C)CCS1. The van der Waals surface area contributed by atoms with Gasteiger partial charge in [0.15, 0.2) is 0 Å². The molecule has 15 heavy (non-hydrogen) atoms. The summed E-state index contributed by atoms with van der Waals surface area (Å²) < 4.78 is 2.27. The largest absolute Gasteiger partial charge is 0.332 e. The zero-order chi connectivity index (χ0) is 10.7. The lowest BCUT2D eigenvalue weighted by Crippen LogP contribution is -2.34. The van der Waals surface area contributed by atoms with Crippen LogP contribution in [0.15, 0.2) is 12.5 Å². The molecule has 0 saturated carbocycles. The van der Waals surface area contributed by atoms with E-state index in [2.05, 4.69) is 28.7 Å². The number of nitrogens with zero attached hydrogens (tertiary/aromatic N) is 2. The average Bonchev–Trinajstić information content (AvgIpc) is 2.66. The van der Waals surface area contributed by atoms with Gasteiger partial charge in [-0.1, -0.05) is 6.92 Å². The number of hydrogen-bond donors (Lipinski definition) is 1. The fourth-order valence-electron chi connectivity index (χ4n) is 1.90. The summed E-state index contributed by atoms with van der Waals surface area (Å²) in [6.45, 7) is 5.53. The predicted molar refractivity (Wildman–Crippen MR) is 64.9 cm³/mol. The summed E-state index contributed by atoms with van der Waals surface area (Å²) in [5.74, 6) is 1.25. The molecule has 0 aromatic carbocycles.